The monoisotopic (exact) mass is 421 g/mol. The molecule has 0 atom stereocenters. The molecular formula is C20H23NO7S. The van der Waals surface area contributed by atoms with Gasteiger partial charge in [-0.05, 0) is 42.8 Å². The zero-order valence-electron chi connectivity index (χ0n) is 16.2. The Hall–Kier alpha value is -3.07. The maximum Gasteiger partial charge on any atom is 0.306 e. The van der Waals surface area contributed by atoms with E-state index in [9.17, 15) is 18.0 Å². The predicted octanol–water partition coefficient (Wildman–Crippen LogP) is 2.44. The fraction of sp³-hybridized carbons (Fsp3) is 0.300. The molecule has 2 aromatic rings. The first-order valence-corrected chi connectivity index (χ1v) is 10.7. The average molecular weight is 421 g/mol. The van der Waals surface area contributed by atoms with E-state index in [4.69, 9.17) is 14.2 Å². The van der Waals surface area contributed by atoms with Gasteiger partial charge in [-0.15, -0.1) is 0 Å². The van der Waals surface area contributed by atoms with Gasteiger partial charge in [-0.25, -0.2) is 8.42 Å². The van der Waals surface area contributed by atoms with Gasteiger partial charge in [0.25, 0.3) is 5.91 Å². The van der Waals surface area contributed by atoms with Crippen LogP contribution in [0.5, 0.6) is 11.5 Å². The summed E-state index contributed by atoms with van der Waals surface area (Å²) in [6, 6.07) is 13.1. The highest BCUT2D eigenvalue weighted by atomic mass is 32.2. The number of hydrogen-bond donors (Lipinski definition) is 1. The summed E-state index contributed by atoms with van der Waals surface area (Å²) in [6.45, 7) is -0.189. The number of nitrogens with one attached hydrogen (secondary N) is 1. The lowest BCUT2D eigenvalue weighted by Gasteiger charge is -2.10. The first-order valence-electron chi connectivity index (χ1n) is 8.81. The van der Waals surface area contributed by atoms with Gasteiger partial charge in [0.2, 0.25) is 0 Å². The van der Waals surface area contributed by atoms with E-state index in [1.807, 2.05) is 0 Å². The van der Waals surface area contributed by atoms with Crippen LogP contribution in [0.1, 0.15) is 12.8 Å². The van der Waals surface area contributed by atoms with Crippen molar-refractivity contribution < 1.29 is 32.2 Å². The molecule has 0 aliphatic carbocycles. The van der Waals surface area contributed by atoms with Crippen LogP contribution in [0.3, 0.4) is 0 Å². The van der Waals surface area contributed by atoms with Crippen LogP contribution in [0.2, 0.25) is 0 Å². The summed E-state index contributed by atoms with van der Waals surface area (Å²) in [5.41, 5.74) is 0.143. The maximum atomic E-state index is 11.9. The third-order valence-corrected chi connectivity index (χ3v) is 4.93. The Balaban J connectivity index is 1.70. The molecule has 29 heavy (non-hydrogen) atoms. The molecule has 0 heterocycles. The van der Waals surface area contributed by atoms with Crippen LogP contribution in [-0.4, -0.2) is 46.9 Å². The van der Waals surface area contributed by atoms with E-state index in [2.05, 4.69) is 5.32 Å². The minimum atomic E-state index is -3.50. The Morgan fingerprint density at radius 1 is 1.00 bits per heavy atom. The van der Waals surface area contributed by atoms with Crippen molar-refractivity contribution in [2.45, 2.75) is 17.7 Å². The summed E-state index contributed by atoms with van der Waals surface area (Å²) in [6.07, 6.45) is 1.55. The molecule has 0 saturated heterocycles. The van der Waals surface area contributed by atoms with Gasteiger partial charge in [0.15, 0.2) is 16.4 Å². The number of carbonyl (C=O) groups is 2. The van der Waals surface area contributed by atoms with Crippen molar-refractivity contribution in [2.75, 3.05) is 31.9 Å². The molecule has 2 rings (SSSR count). The molecule has 156 valence electrons. The van der Waals surface area contributed by atoms with Crippen LogP contribution in [-0.2, 0) is 24.2 Å². The smallest absolute Gasteiger partial charge is 0.306 e. The fourth-order valence-corrected chi connectivity index (χ4v) is 3.22. The van der Waals surface area contributed by atoms with E-state index in [0.717, 1.165) is 12.0 Å². The Labute approximate surface area is 169 Å². The number of anilines is 1. The molecule has 0 aliphatic rings. The van der Waals surface area contributed by atoms with Crippen LogP contribution in [0.25, 0.3) is 0 Å². The van der Waals surface area contributed by atoms with Crippen molar-refractivity contribution in [3.8, 4) is 11.5 Å². The normalized spacial score (nSPS) is 10.8. The molecule has 9 heteroatoms. The third-order valence-electron chi connectivity index (χ3n) is 3.78. The number of esters is 1. The molecule has 0 fully saturated rings. The zero-order valence-corrected chi connectivity index (χ0v) is 17.0. The minimum Gasteiger partial charge on any atom is -0.497 e. The van der Waals surface area contributed by atoms with E-state index >= 15 is 0 Å². The van der Waals surface area contributed by atoms with Crippen molar-refractivity contribution in [3.05, 3.63) is 48.5 Å². The molecular weight excluding hydrogens is 398 g/mol. The SMILES string of the molecule is COc1ccc(OCCCC(=O)OCC(=O)Nc2ccccc2S(C)(=O)=O)cc1. The molecule has 0 radical (unpaired) electrons. The molecule has 0 spiro atoms. The zero-order chi connectivity index (χ0) is 21.3. The fourth-order valence-electron chi connectivity index (χ4n) is 2.38. The highest BCUT2D eigenvalue weighted by Gasteiger charge is 2.15. The summed E-state index contributed by atoms with van der Waals surface area (Å²) in [4.78, 5) is 23.7. The number of amides is 1. The summed E-state index contributed by atoms with van der Waals surface area (Å²) < 4.78 is 38.9. The topological polar surface area (TPSA) is 108 Å². The van der Waals surface area contributed by atoms with Crippen molar-refractivity contribution in [1.82, 2.24) is 0 Å². The van der Waals surface area contributed by atoms with Gasteiger partial charge in [0.1, 0.15) is 11.5 Å². The van der Waals surface area contributed by atoms with E-state index in [1.54, 1.807) is 43.5 Å². The van der Waals surface area contributed by atoms with Gasteiger partial charge in [-0.3, -0.25) is 9.59 Å². The predicted molar refractivity (Wildman–Crippen MR) is 107 cm³/mol. The van der Waals surface area contributed by atoms with Crippen LogP contribution < -0.4 is 14.8 Å². The summed E-state index contributed by atoms with van der Waals surface area (Å²) in [5.74, 6) is 0.209. The Morgan fingerprint density at radius 2 is 1.66 bits per heavy atom. The van der Waals surface area contributed by atoms with Crippen molar-refractivity contribution in [1.29, 1.82) is 0 Å². The van der Waals surface area contributed by atoms with Gasteiger partial charge in [-0.2, -0.15) is 0 Å². The first kappa shape index (κ1) is 22.2. The number of benzene rings is 2. The maximum absolute atomic E-state index is 11.9. The number of hydrogen-bond acceptors (Lipinski definition) is 7. The quantitative estimate of drug-likeness (QED) is 0.464. The second-order valence-electron chi connectivity index (χ2n) is 6.10. The van der Waals surface area contributed by atoms with Crippen LogP contribution in [0, 0.1) is 0 Å². The molecule has 0 saturated carbocycles. The molecule has 0 bridgehead atoms. The molecule has 0 aromatic heterocycles. The van der Waals surface area contributed by atoms with Crippen molar-refractivity contribution >= 4 is 27.4 Å². The highest BCUT2D eigenvalue weighted by Crippen LogP contribution is 2.20. The van der Waals surface area contributed by atoms with Gasteiger partial charge in [-0.1, -0.05) is 12.1 Å². The number of ether oxygens (including phenoxy) is 3. The van der Waals surface area contributed by atoms with E-state index in [-0.39, 0.29) is 17.0 Å². The van der Waals surface area contributed by atoms with Gasteiger partial charge >= 0.3 is 5.97 Å². The lowest BCUT2D eigenvalue weighted by molar-refractivity contribution is -0.147. The van der Waals surface area contributed by atoms with E-state index < -0.39 is 28.3 Å². The molecule has 1 N–H and O–H groups in total. The number of methoxy groups -OCH3 is 1. The second kappa shape index (κ2) is 10.5. The second-order valence-corrected chi connectivity index (χ2v) is 8.09. The van der Waals surface area contributed by atoms with E-state index in [0.29, 0.717) is 18.8 Å². The number of para-hydroxylation sites is 1. The standard InChI is InChI=1S/C20H23NO7S/c1-26-15-9-11-16(12-10-15)27-13-5-8-20(23)28-14-19(22)21-17-6-3-4-7-18(17)29(2,24)25/h3-4,6-7,9-12H,5,8,13-14H2,1-2H3,(H,21,22). The van der Waals surface area contributed by atoms with Crippen molar-refractivity contribution in [2.24, 2.45) is 0 Å². The molecule has 8 nitrogen and oxygen atoms in total. The Kier molecular flexibility index (Phi) is 8.02. The van der Waals surface area contributed by atoms with Crippen LogP contribution in [0.4, 0.5) is 5.69 Å². The summed E-state index contributed by atoms with van der Waals surface area (Å²) in [5, 5.41) is 2.44. The van der Waals surface area contributed by atoms with Gasteiger partial charge < -0.3 is 19.5 Å². The van der Waals surface area contributed by atoms with Crippen molar-refractivity contribution in [3.63, 3.8) is 0 Å². The van der Waals surface area contributed by atoms with Gasteiger partial charge in [0, 0.05) is 12.7 Å². The first-order chi connectivity index (χ1) is 13.8. The average Bonchev–Trinajstić information content (AvgIpc) is 2.70. The highest BCUT2D eigenvalue weighted by molar-refractivity contribution is 7.90. The lowest BCUT2D eigenvalue weighted by atomic mass is 10.3. The number of carbonyl (C=O) groups excluding carboxylic acids is 2. The lowest BCUT2D eigenvalue weighted by Crippen LogP contribution is -2.22. The molecule has 2 aromatic carbocycles. The Morgan fingerprint density at radius 3 is 2.31 bits per heavy atom. The molecule has 1 amide bonds. The van der Waals surface area contributed by atoms with Crippen LogP contribution >= 0.6 is 0 Å². The largest absolute Gasteiger partial charge is 0.497 e. The number of rotatable bonds is 10. The summed E-state index contributed by atoms with van der Waals surface area (Å²) >= 11 is 0. The molecule has 0 aliphatic heterocycles. The van der Waals surface area contributed by atoms with Crippen LogP contribution in [0.15, 0.2) is 53.4 Å². The minimum absolute atomic E-state index is 0.00430. The summed E-state index contributed by atoms with van der Waals surface area (Å²) in [7, 11) is -1.92. The Bertz CT molecular complexity index is 940. The molecule has 0 unspecified atom stereocenters. The van der Waals surface area contributed by atoms with Gasteiger partial charge in [0.05, 0.1) is 24.3 Å². The number of sulfone groups is 1. The third kappa shape index (κ3) is 7.46. The van der Waals surface area contributed by atoms with E-state index in [1.165, 1.54) is 12.1 Å².